The number of aromatic nitrogens is 1. The van der Waals surface area contributed by atoms with E-state index in [-0.39, 0.29) is 11.8 Å². The van der Waals surface area contributed by atoms with Gasteiger partial charge in [0.25, 0.3) is 5.91 Å². The molecule has 0 atom stereocenters. The molecule has 2 aromatic carbocycles. The minimum Gasteiger partial charge on any atom is -0.352 e. The number of fused-ring (bicyclic) bond motifs is 1. The van der Waals surface area contributed by atoms with Crippen molar-refractivity contribution < 1.29 is 9.59 Å². The summed E-state index contributed by atoms with van der Waals surface area (Å²) in [4.78, 5) is 24.1. The van der Waals surface area contributed by atoms with E-state index in [1.165, 1.54) is 5.39 Å². The molecule has 0 saturated heterocycles. The number of nitrogens with zero attached hydrogens (tertiary/aromatic N) is 1. The summed E-state index contributed by atoms with van der Waals surface area (Å²) in [5.41, 5.74) is 2.79. The summed E-state index contributed by atoms with van der Waals surface area (Å²) >= 11 is 0. The molecule has 2 amide bonds. The Bertz CT molecular complexity index is 955. The molecule has 0 spiro atoms. The Hall–Kier alpha value is -3.08. The third-order valence-corrected chi connectivity index (χ3v) is 4.88. The maximum atomic E-state index is 12.2. The molecule has 4 rings (SSSR count). The van der Waals surface area contributed by atoms with Crippen LogP contribution < -0.4 is 10.6 Å². The van der Waals surface area contributed by atoms with Crippen LogP contribution in [0.25, 0.3) is 10.9 Å². The fraction of sp³-hybridized carbons (Fsp3) is 0.273. The van der Waals surface area contributed by atoms with Gasteiger partial charge in [-0.25, -0.2) is 0 Å². The number of carbonyl (C=O) groups is 2. The topological polar surface area (TPSA) is 63.1 Å². The lowest BCUT2D eigenvalue weighted by atomic mass is 10.1. The molecule has 138 valence electrons. The molecule has 0 radical (unpaired) electrons. The standard InChI is InChI=1S/C22H23N3O2/c26-21(12-14-25-13-11-17-3-1-2-4-20(17)25)23-15-16-5-7-18(8-6-16)22(27)24-19-9-10-19/h1-8,11,13,19H,9-10,12,14-15H2,(H,23,26)(H,24,27). The van der Waals surface area contributed by atoms with Gasteiger partial charge in [0, 0.05) is 42.8 Å². The van der Waals surface area contributed by atoms with Crippen LogP contribution in [-0.4, -0.2) is 22.4 Å². The highest BCUT2D eigenvalue weighted by Gasteiger charge is 2.23. The Kier molecular flexibility index (Phi) is 4.92. The lowest BCUT2D eigenvalue weighted by Crippen LogP contribution is -2.25. The Labute approximate surface area is 158 Å². The number of benzene rings is 2. The third kappa shape index (κ3) is 4.37. The number of amides is 2. The molecular weight excluding hydrogens is 338 g/mol. The number of para-hydroxylation sites is 1. The van der Waals surface area contributed by atoms with E-state index >= 15 is 0 Å². The van der Waals surface area contributed by atoms with Crippen molar-refractivity contribution in [3.63, 3.8) is 0 Å². The predicted molar refractivity (Wildman–Crippen MR) is 105 cm³/mol. The molecule has 5 nitrogen and oxygen atoms in total. The quantitative estimate of drug-likeness (QED) is 0.679. The number of hydrogen-bond donors (Lipinski definition) is 2. The van der Waals surface area contributed by atoms with Gasteiger partial charge in [-0.3, -0.25) is 9.59 Å². The van der Waals surface area contributed by atoms with Gasteiger partial charge in [0.2, 0.25) is 5.91 Å². The zero-order valence-electron chi connectivity index (χ0n) is 15.2. The molecule has 2 N–H and O–H groups in total. The average Bonchev–Trinajstić information content (AvgIpc) is 3.42. The summed E-state index contributed by atoms with van der Waals surface area (Å²) in [5, 5.41) is 7.10. The van der Waals surface area contributed by atoms with Crippen LogP contribution in [0.5, 0.6) is 0 Å². The summed E-state index contributed by atoms with van der Waals surface area (Å²) in [5.74, 6) is -0.00429. The Morgan fingerprint density at radius 2 is 1.78 bits per heavy atom. The zero-order valence-corrected chi connectivity index (χ0v) is 15.2. The van der Waals surface area contributed by atoms with E-state index < -0.39 is 0 Å². The smallest absolute Gasteiger partial charge is 0.251 e. The summed E-state index contributed by atoms with van der Waals surface area (Å²) in [6, 6.07) is 18.0. The van der Waals surface area contributed by atoms with Crippen molar-refractivity contribution in [1.82, 2.24) is 15.2 Å². The van der Waals surface area contributed by atoms with E-state index in [1.54, 1.807) is 0 Å². The normalized spacial score (nSPS) is 13.5. The highest BCUT2D eigenvalue weighted by atomic mass is 16.2. The van der Waals surface area contributed by atoms with Crippen molar-refractivity contribution in [1.29, 1.82) is 0 Å². The average molecular weight is 361 g/mol. The lowest BCUT2D eigenvalue weighted by molar-refractivity contribution is -0.121. The van der Waals surface area contributed by atoms with Crippen LogP contribution in [0.1, 0.15) is 35.2 Å². The van der Waals surface area contributed by atoms with Crippen molar-refractivity contribution >= 4 is 22.7 Å². The first kappa shape index (κ1) is 17.3. The van der Waals surface area contributed by atoms with Crippen LogP contribution in [0, 0.1) is 0 Å². The van der Waals surface area contributed by atoms with Crippen molar-refractivity contribution in [2.75, 3.05) is 0 Å². The minimum atomic E-state index is -0.0213. The van der Waals surface area contributed by atoms with Crippen LogP contribution in [0.2, 0.25) is 0 Å². The first-order chi connectivity index (χ1) is 13.2. The van der Waals surface area contributed by atoms with Crippen molar-refractivity contribution in [3.05, 3.63) is 71.9 Å². The molecule has 1 aliphatic rings. The molecule has 1 aliphatic carbocycles. The molecular formula is C22H23N3O2. The second kappa shape index (κ2) is 7.66. The highest BCUT2D eigenvalue weighted by Crippen LogP contribution is 2.19. The SMILES string of the molecule is O=C(CCn1ccc2ccccc21)NCc1ccc(C(=O)NC2CC2)cc1. The lowest BCUT2D eigenvalue weighted by Gasteiger charge is -2.08. The summed E-state index contributed by atoms with van der Waals surface area (Å²) in [6.07, 6.45) is 4.60. The largest absolute Gasteiger partial charge is 0.352 e. The van der Waals surface area contributed by atoms with E-state index in [4.69, 9.17) is 0 Å². The molecule has 1 heterocycles. The summed E-state index contributed by atoms with van der Waals surface area (Å²) < 4.78 is 2.10. The number of carbonyl (C=O) groups excluding carboxylic acids is 2. The Balaban J connectivity index is 1.25. The van der Waals surface area contributed by atoms with E-state index in [9.17, 15) is 9.59 Å². The monoisotopic (exact) mass is 361 g/mol. The van der Waals surface area contributed by atoms with Gasteiger partial charge in [-0.1, -0.05) is 30.3 Å². The summed E-state index contributed by atoms with van der Waals surface area (Å²) in [6.45, 7) is 1.12. The van der Waals surface area contributed by atoms with E-state index in [2.05, 4.69) is 33.4 Å². The minimum absolute atomic E-state index is 0.0170. The van der Waals surface area contributed by atoms with Gasteiger partial charge in [0.15, 0.2) is 0 Å². The van der Waals surface area contributed by atoms with Crippen LogP contribution >= 0.6 is 0 Å². The molecule has 0 bridgehead atoms. The fourth-order valence-electron chi connectivity index (χ4n) is 3.12. The second-order valence-corrected chi connectivity index (χ2v) is 7.04. The maximum absolute atomic E-state index is 12.2. The predicted octanol–water partition coefficient (Wildman–Crippen LogP) is 3.24. The molecule has 1 saturated carbocycles. The molecule has 5 heteroatoms. The van der Waals surface area contributed by atoms with Crippen LogP contribution in [-0.2, 0) is 17.9 Å². The fourth-order valence-corrected chi connectivity index (χ4v) is 3.12. The Morgan fingerprint density at radius 1 is 1.00 bits per heavy atom. The van der Waals surface area contributed by atoms with Crippen molar-refractivity contribution in [2.24, 2.45) is 0 Å². The Morgan fingerprint density at radius 3 is 2.56 bits per heavy atom. The van der Waals surface area contributed by atoms with Gasteiger partial charge < -0.3 is 15.2 Å². The van der Waals surface area contributed by atoms with Gasteiger partial charge in [-0.2, -0.15) is 0 Å². The molecule has 1 fully saturated rings. The first-order valence-corrected chi connectivity index (χ1v) is 9.39. The number of rotatable bonds is 7. The van der Waals surface area contributed by atoms with Gasteiger partial charge in [-0.15, -0.1) is 0 Å². The van der Waals surface area contributed by atoms with E-state index in [1.807, 2.05) is 42.6 Å². The molecule has 3 aromatic rings. The first-order valence-electron chi connectivity index (χ1n) is 9.39. The van der Waals surface area contributed by atoms with Crippen LogP contribution in [0.4, 0.5) is 0 Å². The van der Waals surface area contributed by atoms with E-state index in [0.717, 1.165) is 23.9 Å². The van der Waals surface area contributed by atoms with Gasteiger partial charge in [0.1, 0.15) is 0 Å². The molecule has 0 unspecified atom stereocenters. The molecule has 27 heavy (non-hydrogen) atoms. The third-order valence-electron chi connectivity index (χ3n) is 4.88. The van der Waals surface area contributed by atoms with E-state index in [0.29, 0.717) is 31.1 Å². The van der Waals surface area contributed by atoms with Crippen molar-refractivity contribution in [3.8, 4) is 0 Å². The molecule has 1 aromatic heterocycles. The zero-order chi connectivity index (χ0) is 18.6. The van der Waals surface area contributed by atoms with Crippen molar-refractivity contribution in [2.45, 2.75) is 38.4 Å². The highest BCUT2D eigenvalue weighted by molar-refractivity contribution is 5.94. The second-order valence-electron chi connectivity index (χ2n) is 7.04. The van der Waals surface area contributed by atoms with Crippen LogP contribution in [0.3, 0.4) is 0 Å². The van der Waals surface area contributed by atoms with Gasteiger partial charge >= 0.3 is 0 Å². The summed E-state index contributed by atoms with van der Waals surface area (Å²) in [7, 11) is 0. The van der Waals surface area contributed by atoms with Crippen LogP contribution in [0.15, 0.2) is 60.8 Å². The maximum Gasteiger partial charge on any atom is 0.251 e. The number of hydrogen-bond acceptors (Lipinski definition) is 2. The number of aryl methyl sites for hydroxylation is 1. The molecule has 0 aliphatic heterocycles. The number of nitrogens with one attached hydrogen (secondary N) is 2. The van der Waals surface area contributed by atoms with Gasteiger partial charge in [0.05, 0.1) is 0 Å². The van der Waals surface area contributed by atoms with Gasteiger partial charge in [-0.05, 0) is 48.1 Å².